The van der Waals surface area contributed by atoms with Gasteiger partial charge in [0.1, 0.15) is 5.54 Å². The Kier molecular flexibility index (Phi) is 5.32. The Morgan fingerprint density at radius 1 is 1.00 bits per heavy atom. The van der Waals surface area contributed by atoms with Crippen molar-refractivity contribution in [1.29, 1.82) is 0 Å². The number of ether oxygens (including phenoxy) is 1. The van der Waals surface area contributed by atoms with Gasteiger partial charge in [-0.15, -0.1) is 11.6 Å². The smallest absolute Gasteiger partial charge is 0.250 e. The largest absolute Gasteiger partial charge is 0.494 e. The normalized spacial score (nSPS) is 31.3. The Labute approximate surface area is 225 Å². The molecule has 2 aromatic carbocycles. The Morgan fingerprint density at radius 3 is 2.34 bits per heavy atom. The van der Waals surface area contributed by atoms with E-state index in [-0.39, 0.29) is 31.9 Å². The maximum Gasteiger partial charge on any atom is 0.250 e. The van der Waals surface area contributed by atoms with Crippen molar-refractivity contribution in [3.05, 3.63) is 49.9 Å². The number of fused-ring (bicyclic) bond motifs is 7. The molecule has 4 aliphatic rings. The highest BCUT2D eigenvalue weighted by atomic mass is 35.5. The molecule has 4 unspecified atom stereocenters. The van der Waals surface area contributed by atoms with E-state index < -0.39 is 41.1 Å². The fraction of sp³-hybridized carbons (Fsp3) is 0.348. The van der Waals surface area contributed by atoms with Gasteiger partial charge in [-0.25, -0.2) is 4.90 Å². The van der Waals surface area contributed by atoms with E-state index in [9.17, 15) is 14.4 Å². The van der Waals surface area contributed by atoms with Crippen LogP contribution in [0, 0.1) is 11.8 Å². The standard InChI is InChI=1S/C23H16Cl5N3O4/c1-35-19-13(27)5-10(6-14(19)28)31-20(32)16-15-4-9(25)7-30(15)23(17(16)21(31)33)11-2-8(24)3-12(26)18(11)29-22(23)34/h2-3,5-6,9,15-17H,4,7H2,1H3,(H,29,34)/t9-,15?,16?,17?,23?/m0/s1. The van der Waals surface area contributed by atoms with E-state index in [0.717, 1.165) is 4.90 Å². The van der Waals surface area contributed by atoms with Gasteiger partial charge >= 0.3 is 0 Å². The number of nitrogens with one attached hydrogen (secondary N) is 1. The number of nitrogens with zero attached hydrogens (tertiary/aromatic N) is 2. The quantitative estimate of drug-likeness (QED) is 0.405. The maximum atomic E-state index is 14.1. The summed E-state index contributed by atoms with van der Waals surface area (Å²) in [6.07, 6.45) is 0.443. The van der Waals surface area contributed by atoms with Crippen LogP contribution in [0.1, 0.15) is 12.0 Å². The number of benzene rings is 2. The van der Waals surface area contributed by atoms with Gasteiger partial charge in [-0.2, -0.15) is 0 Å². The molecule has 4 heterocycles. The molecule has 182 valence electrons. The zero-order valence-corrected chi connectivity index (χ0v) is 21.7. The number of hydrogen-bond acceptors (Lipinski definition) is 5. The minimum atomic E-state index is -1.48. The molecular weight excluding hydrogens is 560 g/mol. The van der Waals surface area contributed by atoms with Crippen molar-refractivity contribution in [3.63, 3.8) is 0 Å². The topological polar surface area (TPSA) is 79.0 Å². The van der Waals surface area contributed by atoms with Crippen molar-refractivity contribution in [2.45, 2.75) is 23.4 Å². The Hall–Kier alpha value is -1.74. The molecule has 35 heavy (non-hydrogen) atoms. The van der Waals surface area contributed by atoms with Crippen molar-refractivity contribution >= 4 is 87.1 Å². The molecule has 3 saturated heterocycles. The van der Waals surface area contributed by atoms with Gasteiger partial charge in [-0.05, 0) is 30.7 Å². The van der Waals surface area contributed by atoms with E-state index in [4.69, 9.17) is 62.7 Å². The van der Waals surface area contributed by atoms with E-state index >= 15 is 0 Å². The van der Waals surface area contributed by atoms with Crippen molar-refractivity contribution in [2.75, 3.05) is 23.9 Å². The van der Waals surface area contributed by atoms with Crippen LogP contribution < -0.4 is 15.0 Å². The SMILES string of the molecule is COc1c(Cl)cc(N2C(=O)C3C4C[C@H](Cl)CN4C4(C(=O)Nc5c(Cl)cc(Cl)cc54)C3C2=O)cc1Cl. The number of methoxy groups -OCH3 is 1. The summed E-state index contributed by atoms with van der Waals surface area (Å²) in [7, 11) is 1.41. The van der Waals surface area contributed by atoms with Gasteiger partial charge in [0.2, 0.25) is 11.8 Å². The van der Waals surface area contributed by atoms with Crippen LogP contribution in [0.5, 0.6) is 5.75 Å². The molecule has 0 bridgehead atoms. The van der Waals surface area contributed by atoms with Crippen LogP contribution in [0.4, 0.5) is 11.4 Å². The zero-order valence-electron chi connectivity index (χ0n) is 18.0. The van der Waals surface area contributed by atoms with Crippen LogP contribution in [0.3, 0.4) is 0 Å². The van der Waals surface area contributed by atoms with Crippen molar-refractivity contribution in [1.82, 2.24) is 4.90 Å². The van der Waals surface area contributed by atoms with E-state index in [1.165, 1.54) is 25.3 Å². The van der Waals surface area contributed by atoms with Crippen LogP contribution in [0.25, 0.3) is 0 Å². The fourth-order valence-corrected chi connectivity index (χ4v) is 7.81. The average molecular weight is 576 g/mol. The summed E-state index contributed by atoms with van der Waals surface area (Å²) in [5.74, 6) is -3.00. The molecule has 0 radical (unpaired) electrons. The third-order valence-corrected chi connectivity index (χ3v) is 8.85. The number of amides is 3. The monoisotopic (exact) mass is 573 g/mol. The number of imide groups is 1. The van der Waals surface area contributed by atoms with Gasteiger partial charge in [0.05, 0.1) is 45.4 Å². The second kappa shape index (κ2) is 7.88. The second-order valence-electron chi connectivity index (χ2n) is 9.04. The lowest BCUT2D eigenvalue weighted by Crippen LogP contribution is -2.54. The number of alkyl halides is 1. The zero-order chi connectivity index (χ0) is 25.0. The predicted octanol–water partition coefficient (Wildman–Crippen LogP) is 4.96. The number of rotatable bonds is 2. The summed E-state index contributed by atoms with van der Waals surface area (Å²) < 4.78 is 5.19. The van der Waals surface area contributed by atoms with Crippen LogP contribution in [0.15, 0.2) is 24.3 Å². The first-order valence-electron chi connectivity index (χ1n) is 10.7. The van der Waals surface area contributed by atoms with E-state index in [0.29, 0.717) is 29.2 Å². The highest BCUT2D eigenvalue weighted by molar-refractivity contribution is 6.39. The molecule has 12 heteroatoms. The molecule has 6 rings (SSSR count). The number of halogens is 5. The Bertz CT molecular complexity index is 1330. The highest BCUT2D eigenvalue weighted by Crippen LogP contribution is 2.62. The van der Waals surface area contributed by atoms with Gasteiger partial charge in [0, 0.05) is 28.5 Å². The molecule has 7 nitrogen and oxygen atoms in total. The summed E-state index contributed by atoms with van der Waals surface area (Å²) >= 11 is 31.9. The third kappa shape index (κ3) is 2.94. The molecule has 0 aromatic heterocycles. The van der Waals surface area contributed by atoms with Gasteiger partial charge in [-0.3, -0.25) is 19.3 Å². The first-order chi connectivity index (χ1) is 16.6. The Morgan fingerprint density at radius 2 is 1.69 bits per heavy atom. The summed E-state index contributed by atoms with van der Waals surface area (Å²) in [6, 6.07) is 5.62. The second-order valence-corrected chi connectivity index (χ2v) is 11.3. The minimum absolute atomic E-state index is 0.146. The summed E-state index contributed by atoms with van der Waals surface area (Å²) in [4.78, 5) is 44.6. The molecule has 3 fully saturated rings. The molecular formula is C23H16Cl5N3O4. The number of carbonyl (C=O) groups is 3. The molecule has 4 aliphatic heterocycles. The summed E-state index contributed by atoms with van der Waals surface area (Å²) in [5, 5.41) is 3.39. The number of carbonyl (C=O) groups excluding carboxylic acids is 3. The van der Waals surface area contributed by atoms with Crippen molar-refractivity contribution in [3.8, 4) is 5.75 Å². The lowest BCUT2D eigenvalue weighted by Gasteiger charge is -2.36. The van der Waals surface area contributed by atoms with E-state index in [1.54, 1.807) is 6.07 Å². The molecule has 1 N–H and O–H groups in total. The first kappa shape index (κ1) is 23.6. The van der Waals surface area contributed by atoms with E-state index in [1.807, 2.05) is 4.90 Å². The molecule has 5 atom stereocenters. The molecule has 2 aromatic rings. The molecule has 1 spiro atoms. The lowest BCUT2D eigenvalue weighted by atomic mass is 9.75. The Balaban J connectivity index is 1.56. The van der Waals surface area contributed by atoms with Crippen molar-refractivity contribution < 1.29 is 19.1 Å². The molecule has 0 saturated carbocycles. The van der Waals surface area contributed by atoms with Gasteiger partial charge in [0.15, 0.2) is 5.75 Å². The highest BCUT2D eigenvalue weighted by Gasteiger charge is 2.75. The van der Waals surface area contributed by atoms with Crippen LogP contribution >= 0.6 is 58.0 Å². The van der Waals surface area contributed by atoms with Crippen LogP contribution in [-0.2, 0) is 19.9 Å². The third-order valence-electron chi connectivity index (χ3n) is 7.46. The predicted molar refractivity (Wildman–Crippen MR) is 134 cm³/mol. The van der Waals surface area contributed by atoms with Gasteiger partial charge < -0.3 is 10.1 Å². The minimum Gasteiger partial charge on any atom is -0.494 e. The van der Waals surface area contributed by atoms with Crippen LogP contribution in [-0.4, -0.2) is 47.7 Å². The maximum absolute atomic E-state index is 14.1. The summed E-state index contributed by atoms with van der Waals surface area (Å²) in [5.41, 5.74) is -0.426. The molecule has 0 aliphatic carbocycles. The number of hydrogen-bond donors (Lipinski definition) is 1. The molecule has 3 amide bonds. The van der Waals surface area contributed by atoms with E-state index in [2.05, 4.69) is 5.32 Å². The van der Waals surface area contributed by atoms with Crippen molar-refractivity contribution in [2.24, 2.45) is 11.8 Å². The van der Waals surface area contributed by atoms with Gasteiger partial charge in [0.25, 0.3) is 5.91 Å². The summed E-state index contributed by atoms with van der Waals surface area (Å²) in [6.45, 7) is 0.330. The van der Waals surface area contributed by atoms with Gasteiger partial charge in [-0.1, -0.05) is 46.4 Å². The lowest BCUT2D eigenvalue weighted by molar-refractivity contribution is -0.135. The number of anilines is 2. The average Bonchev–Trinajstić information content (AvgIpc) is 3.44. The van der Waals surface area contributed by atoms with Crippen LogP contribution in [0.2, 0.25) is 20.1 Å². The fourth-order valence-electron chi connectivity index (χ4n) is 6.31. The first-order valence-corrected chi connectivity index (χ1v) is 12.7.